The summed E-state index contributed by atoms with van der Waals surface area (Å²) in [5, 5.41) is 0. The first-order valence-electron chi connectivity index (χ1n) is 6.10. The fourth-order valence-corrected chi connectivity index (χ4v) is 3.24. The highest BCUT2D eigenvalue weighted by Crippen LogP contribution is 2.41. The third kappa shape index (κ3) is 1.44. The highest BCUT2D eigenvalue weighted by molar-refractivity contribution is 5.81. The largest absolute Gasteiger partial charge is 0.339 e. The number of carbonyl (C=O) groups excluding carboxylic acids is 1. The first-order valence-corrected chi connectivity index (χ1v) is 6.10. The van der Waals surface area contributed by atoms with Crippen LogP contribution in [0.1, 0.15) is 31.2 Å². The van der Waals surface area contributed by atoms with Gasteiger partial charge in [0.1, 0.15) is 0 Å². The molecule has 0 spiro atoms. The monoisotopic (exact) mass is 215 g/mol. The number of carbonyl (C=O) groups is 1. The van der Waals surface area contributed by atoms with Crippen molar-refractivity contribution in [2.75, 3.05) is 6.54 Å². The summed E-state index contributed by atoms with van der Waals surface area (Å²) in [4.78, 5) is 14.0. The molecule has 0 aliphatic carbocycles. The minimum absolute atomic E-state index is 0.350. The summed E-state index contributed by atoms with van der Waals surface area (Å²) in [6.45, 7) is 3.21. The van der Waals surface area contributed by atoms with E-state index in [2.05, 4.69) is 36.1 Å². The minimum Gasteiger partial charge on any atom is -0.339 e. The third-order valence-corrected chi connectivity index (χ3v) is 3.96. The molecule has 0 bridgehead atoms. The van der Waals surface area contributed by atoms with Crippen molar-refractivity contribution in [3.05, 3.63) is 35.9 Å². The standard InChI is InChI=1S/C14H17NO/c1-10-7-13-12(8-14(16)15(13)9-10)11-5-3-2-4-6-11/h2-6,10,12-13H,7-9H2,1H3/t10-,12-,13-/m1/s1. The molecule has 1 aromatic carbocycles. The van der Waals surface area contributed by atoms with Crippen molar-refractivity contribution < 1.29 is 4.79 Å². The van der Waals surface area contributed by atoms with E-state index in [1.54, 1.807) is 0 Å². The van der Waals surface area contributed by atoms with Crippen molar-refractivity contribution >= 4 is 5.91 Å². The Bertz CT molecular complexity index is 400. The maximum atomic E-state index is 11.9. The molecule has 2 heterocycles. The van der Waals surface area contributed by atoms with Crippen molar-refractivity contribution in [1.29, 1.82) is 0 Å². The Hall–Kier alpha value is -1.31. The molecule has 2 nitrogen and oxygen atoms in total. The fourth-order valence-electron chi connectivity index (χ4n) is 3.24. The SMILES string of the molecule is C[C@@H]1C[C@@H]2[C@@H](c3ccccc3)CC(=O)N2C1. The van der Waals surface area contributed by atoms with Crippen LogP contribution in [0.3, 0.4) is 0 Å². The maximum Gasteiger partial charge on any atom is 0.223 e. The molecule has 2 aliphatic heterocycles. The van der Waals surface area contributed by atoms with Gasteiger partial charge in [-0.25, -0.2) is 0 Å². The van der Waals surface area contributed by atoms with Gasteiger partial charge in [0.15, 0.2) is 0 Å². The van der Waals surface area contributed by atoms with Gasteiger partial charge in [-0.1, -0.05) is 37.3 Å². The topological polar surface area (TPSA) is 20.3 Å². The van der Waals surface area contributed by atoms with Crippen molar-refractivity contribution in [3.8, 4) is 0 Å². The number of fused-ring (bicyclic) bond motifs is 1. The van der Waals surface area contributed by atoms with Crippen LogP contribution in [0.25, 0.3) is 0 Å². The van der Waals surface area contributed by atoms with E-state index in [1.807, 2.05) is 6.07 Å². The van der Waals surface area contributed by atoms with E-state index < -0.39 is 0 Å². The van der Waals surface area contributed by atoms with Crippen LogP contribution < -0.4 is 0 Å². The zero-order chi connectivity index (χ0) is 11.1. The first-order chi connectivity index (χ1) is 7.75. The number of amides is 1. The van der Waals surface area contributed by atoms with Gasteiger partial charge in [0.05, 0.1) is 0 Å². The molecular weight excluding hydrogens is 198 g/mol. The Morgan fingerprint density at radius 3 is 2.75 bits per heavy atom. The van der Waals surface area contributed by atoms with Gasteiger partial charge in [-0.3, -0.25) is 4.79 Å². The molecule has 2 fully saturated rings. The van der Waals surface area contributed by atoms with Gasteiger partial charge in [0.2, 0.25) is 5.91 Å². The third-order valence-electron chi connectivity index (χ3n) is 3.96. The van der Waals surface area contributed by atoms with Gasteiger partial charge in [-0.15, -0.1) is 0 Å². The van der Waals surface area contributed by atoms with Crippen LogP contribution in [0.15, 0.2) is 30.3 Å². The van der Waals surface area contributed by atoms with Crippen LogP contribution in [0.2, 0.25) is 0 Å². The minimum atomic E-state index is 0.350. The molecule has 0 N–H and O–H groups in total. The van der Waals surface area contributed by atoms with Crippen LogP contribution >= 0.6 is 0 Å². The molecule has 0 radical (unpaired) electrons. The van der Waals surface area contributed by atoms with E-state index in [1.165, 1.54) is 12.0 Å². The van der Waals surface area contributed by atoms with Gasteiger partial charge < -0.3 is 4.90 Å². The van der Waals surface area contributed by atoms with Crippen LogP contribution in [0.4, 0.5) is 0 Å². The van der Waals surface area contributed by atoms with Crippen LogP contribution in [-0.2, 0) is 4.79 Å². The van der Waals surface area contributed by atoms with Crippen molar-refractivity contribution in [2.24, 2.45) is 5.92 Å². The molecule has 3 rings (SSSR count). The molecule has 2 aliphatic rings. The number of rotatable bonds is 1. The Balaban J connectivity index is 1.90. The summed E-state index contributed by atoms with van der Waals surface area (Å²) in [5.74, 6) is 1.45. The molecule has 0 unspecified atom stereocenters. The summed E-state index contributed by atoms with van der Waals surface area (Å²) in [6.07, 6.45) is 1.88. The van der Waals surface area contributed by atoms with Crippen LogP contribution in [-0.4, -0.2) is 23.4 Å². The Labute approximate surface area is 96.3 Å². The van der Waals surface area contributed by atoms with Gasteiger partial charge in [-0.05, 0) is 17.9 Å². The van der Waals surface area contributed by atoms with E-state index in [-0.39, 0.29) is 0 Å². The highest BCUT2D eigenvalue weighted by atomic mass is 16.2. The smallest absolute Gasteiger partial charge is 0.223 e. The molecule has 1 amide bonds. The summed E-state index contributed by atoms with van der Waals surface area (Å²) < 4.78 is 0. The molecule has 2 saturated heterocycles. The number of nitrogens with zero attached hydrogens (tertiary/aromatic N) is 1. The molecule has 2 heteroatoms. The second-order valence-corrected chi connectivity index (χ2v) is 5.18. The lowest BCUT2D eigenvalue weighted by molar-refractivity contribution is -0.128. The first kappa shape index (κ1) is 9.88. The van der Waals surface area contributed by atoms with Gasteiger partial charge in [0.25, 0.3) is 0 Å². The van der Waals surface area contributed by atoms with E-state index in [0.29, 0.717) is 30.2 Å². The summed E-state index contributed by atoms with van der Waals surface area (Å²) in [6, 6.07) is 11.0. The zero-order valence-electron chi connectivity index (χ0n) is 9.60. The average Bonchev–Trinajstić information content (AvgIpc) is 2.80. The van der Waals surface area contributed by atoms with Gasteiger partial charge >= 0.3 is 0 Å². The van der Waals surface area contributed by atoms with E-state index in [4.69, 9.17) is 0 Å². The Morgan fingerprint density at radius 2 is 2.00 bits per heavy atom. The second-order valence-electron chi connectivity index (χ2n) is 5.18. The molecule has 84 valence electrons. The maximum absolute atomic E-state index is 11.9. The Morgan fingerprint density at radius 1 is 1.25 bits per heavy atom. The predicted octanol–water partition coefficient (Wildman–Crippen LogP) is 2.41. The molecule has 0 aromatic heterocycles. The van der Waals surface area contributed by atoms with Crippen molar-refractivity contribution in [1.82, 2.24) is 4.90 Å². The van der Waals surface area contributed by atoms with E-state index >= 15 is 0 Å². The molecule has 3 atom stereocenters. The summed E-state index contributed by atoms with van der Waals surface area (Å²) >= 11 is 0. The molecular formula is C14H17NO. The van der Waals surface area contributed by atoms with Crippen LogP contribution in [0.5, 0.6) is 0 Å². The summed E-state index contributed by atoms with van der Waals surface area (Å²) in [7, 11) is 0. The van der Waals surface area contributed by atoms with Crippen molar-refractivity contribution in [3.63, 3.8) is 0 Å². The van der Waals surface area contributed by atoms with Gasteiger partial charge in [-0.2, -0.15) is 0 Å². The Kier molecular flexibility index (Phi) is 2.23. The van der Waals surface area contributed by atoms with Crippen LogP contribution in [0, 0.1) is 5.92 Å². The highest BCUT2D eigenvalue weighted by Gasteiger charge is 2.45. The molecule has 1 aromatic rings. The number of benzene rings is 1. The number of hydrogen-bond acceptors (Lipinski definition) is 1. The quantitative estimate of drug-likeness (QED) is 0.704. The van der Waals surface area contributed by atoms with E-state index in [0.717, 1.165) is 6.54 Å². The van der Waals surface area contributed by atoms with Gasteiger partial charge in [0, 0.05) is 24.9 Å². The second kappa shape index (κ2) is 3.62. The van der Waals surface area contributed by atoms with Crippen molar-refractivity contribution in [2.45, 2.75) is 31.7 Å². The number of hydrogen-bond donors (Lipinski definition) is 0. The lowest BCUT2D eigenvalue weighted by Gasteiger charge is -2.20. The molecule has 16 heavy (non-hydrogen) atoms. The fraction of sp³-hybridized carbons (Fsp3) is 0.500. The normalized spacial score (nSPS) is 33.2. The lowest BCUT2D eigenvalue weighted by Crippen LogP contribution is -2.28. The molecule has 0 saturated carbocycles. The zero-order valence-corrected chi connectivity index (χ0v) is 9.60. The summed E-state index contributed by atoms with van der Waals surface area (Å²) in [5.41, 5.74) is 1.33. The average molecular weight is 215 g/mol. The lowest BCUT2D eigenvalue weighted by atomic mass is 9.89. The van der Waals surface area contributed by atoms with E-state index in [9.17, 15) is 4.79 Å². The predicted molar refractivity (Wildman–Crippen MR) is 63.1 cm³/mol.